The molecule has 1 aliphatic rings. The standard InChI is InChI=1S/C13H20O2Si/c1-11(12-7-3-2-4-8-12)15-16-13-9-5-6-10-14-13/h2-4,7-8,11,13H,5-6,9-10,16H2,1H3. The molecular weight excluding hydrogens is 216 g/mol. The van der Waals surface area contributed by atoms with Gasteiger partial charge in [-0.1, -0.05) is 30.3 Å². The monoisotopic (exact) mass is 236 g/mol. The Labute approximate surface area is 99.9 Å². The molecule has 0 saturated carbocycles. The topological polar surface area (TPSA) is 18.5 Å². The molecule has 2 nitrogen and oxygen atoms in total. The third-order valence-electron chi connectivity index (χ3n) is 3.08. The van der Waals surface area contributed by atoms with Gasteiger partial charge >= 0.3 is 0 Å². The molecule has 1 saturated heterocycles. The SMILES string of the molecule is CC(O[SiH2]C1CCCCO1)c1ccccc1. The number of hydrogen-bond acceptors (Lipinski definition) is 2. The smallest absolute Gasteiger partial charge is 0.191 e. The minimum absolute atomic E-state index is 0.221. The van der Waals surface area contributed by atoms with Crippen molar-refractivity contribution in [2.75, 3.05) is 6.61 Å². The summed E-state index contributed by atoms with van der Waals surface area (Å²) in [7, 11) is -0.548. The lowest BCUT2D eigenvalue weighted by Gasteiger charge is -2.23. The highest BCUT2D eigenvalue weighted by atomic mass is 28.2. The lowest BCUT2D eigenvalue weighted by molar-refractivity contribution is 0.0508. The molecule has 3 heteroatoms. The third kappa shape index (κ3) is 3.44. The van der Waals surface area contributed by atoms with Crippen molar-refractivity contribution < 1.29 is 9.16 Å². The molecule has 0 amide bonds. The van der Waals surface area contributed by atoms with Crippen LogP contribution < -0.4 is 0 Å². The van der Waals surface area contributed by atoms with Gasteiger partial charge in [0.05, 0.1) is 11.8 Å². The molecule has 0 spiro atoms. The Bertz CT molecular complexity index is 296. The van der Waals surface area contributed by atoms with E-state index in [9.17, 15) is 0 Å². The summed E-state index contributed by atoms with van der Waals surface area (Å²) in [4.78, 5) is 0. The van der Waals surface area contributed by atoms with Crippen molar-refractivity contribution in [1.82, 2.24) is 0 Å². The zero-order valence-corrected chi connectivity index (χ0v) is 11.3. The molecule has 16 heavy (non-hydrogen) atoms. The van der Waals surface area contributed by atoms with Crippen molar-refractivity contribution >= 4 is 9.76 Å². The number of hydrogen-bond donors (Lipinski definition) is 0. The van der Waals surface area contributed by atoms with E-state index in [4.69, 9.17) is 9.16 Å². The molecule has 2 atom stereocenters. The van der Waals surface area contributed by atoms with Gasteiger partial charge in [0.2, 0.25) is 0 Å². The van der Waals surface area contributed by atoms with Gasteiger partial charge < -0.3 is 9.16 Å². The fourth-order valence-electron chi connectivity index (χ4n) is 2.01. The molecule has 0 radical (unpaired) electrons. The summed E-state index contributed by atoms with van der Waals surface area (Å²) in [5.41, 5.74) is 1.71. The quantitative estimate of drug-likeness (QED) is 0.747. The predicted octanol–water partition coefficient (Wildman–Crippen LogP) is 2.37. The van der Waals surface area contributed by atoms with E-state index in [1.807, 2.05) is 6.07 Å². The summed E-state index contributed by atoms with van der Waals surface area (Å²) in [5, 5.41) is 0. The molecule has 1 aromatic rings. The van der Waals surface area contributed by atoms with E-state index >= 15 is 0 Å². The Morgan fingerprint density at radius 2 is 2.12 bits per heavy atom. The normalized spacial score (nSPS) is 23.7. The maximum atomic E-state index is 5.98. The first kappa shape index (κ1) is 11.8. The number of ether oxygens (including phenoxy) is 1. The first-order valence-electron chi connectivity index (χ1n) is 6.14. The van der Waals surface area contributed by atoms with Gasteiger partial charge in [0.1, 0.15) is 0 Å². The van der Waals surface area contributed by atoms with Crippen LogP contribution in [0.2, 0.25) is 0 Å². The molecule has 1 aliphatic heterocycles. The highest BCUT2D eigenvalue weighted by molar-refractivity contribution is 6.29. The van der Waals surface area contributed by atoms with E-state index in [0.717, 1.165) is 6.61 Å². The summed E-state index contributed by atoms with van der Waals surface area (Å²) in [6.45, 7) is 3.06. The second kappa shape index (κ2) is 6.18. The molecule has 0 aromatic heterocycles. The fraction of sp³-hybridized carbons (Fsp3) is 0.538. The second-order valence-corrected chi connectivity index (χ2v) is 5.95. The van der Waals surface area contributed by atoms with Crippen LogP contribution in [0.1, 0.15) is 37.9 Å². The minimum atomic E-state index is -0.548. The highest BCUT2D eigenvalue weighted by Gasteiger charge is 2.16. The van der Waals surface area contributed by atoms with Gasteiger partial charge in [-0.25, -0.2) is 0 Å². The molecule has 0 bridgehead atoms. The van der Waals surface area contributed by atoms with Crippen LogP contribution in [0, 0.1) is 0 Å². The van der Waals surface area contributed by atoms with Crippen LogP contribution in [0.15, 0.2) is 30.3 Å². The lowest BCUT2D eigenvalue weighted by Crippen LogP contribution is -2.28. The zero-order chi connectivity index (χ0) is 11.2. The average Bonchev–Trinajstić information content (AvgIpc) is 2.38. The van der Waals surface area contributed by atoms with Crippen LogP contribution in [-0.4, -0.2) is 22.1 Å². The van der Waals surface area contributed by atoms with Crippen molar-refractivity contribution in [3.8, 4) is 0 Å². The van der Waals surface area contributed by atoms with Crippen molar-refractivity contribution in [3.05, 3.63) is 35.9 Å². The molecule has 2 rings (SSSR count). The highest BCUT2D eigenvalue weighted by Crippen LogP contribution is 2.18. The Morgan fingerprint density at radius 1 is 1.31 bits per heavy atom. The summed E-state index contributed by atoms with van der Waals surface area (Å²) in [6.07, 6.45) is 3.95. The van der Waals surface area contributed by atoms with Crippen molar-refractivity contribution in [2.24, 2.45) is 0 Å². The average molecular weight is 236 g/mol. The maximum absolute atomic E-state index is 5.98. The van der Waals surface area contributed by atoms with E-state index in [1.165, 1.54) is 24.8 Å². The molecule has 1 fully saturated rings. The molecule has 2 unspecified atom stereocenters. The van der Waals surface area contributed by atoms with Crippen molar-refractivity contribution in [3.63, 3.8) is 0 Å². The maximum Gasteiger partial charge on any atom is 0.191 e. The lowest BCUT2D eigenvalue weighted by atomic mass is 10.1. The molecule has 1 heterocycles. The van der Waals surface area contributed by atoms with Crippen LogP contribution in [0.4, 0.5) is 0 Å². The van der Waals surface area contributed by atoms with Crippen LogP contribution in [-0.2, 0) is 9.16 Å². The van der Waals surface area contributed by atoms with E-state index in [1.54, 1.807) is 0 Å². The summed E-state index contributed by atoms with van der Waals surface area (Å²) >= 11 is 0. The minimum Gasteiger partial charge on any atom is -0.415 e. The molecule has 88 valence electrons. The Balaban J connectivity index is 1.77. The van der Waals surface area contributed by atoms with Gasteiger partial charge in [0, 0.05) is 6.61 Å². The predicted molar refractivity (Wildman–Crippen MR) is 68.1 cm³/mol. The second-order valence-electron chi connectivity index (χ2n) is 4.37. The van der Waals surface area contributed by atoms with Crippen molar-refractivity contribution in [1.29, 1.82) is 0 Å². The molecule has 1 aromatic carbocycles. The summed E-state index contributed by atoms with van der Waals surface area (Å²) in [6, 6.07) is 10.4. The van der Waals surface area contributed by atoms with Gasteiger partial charge in [-0.15, -0.1) is 0 Å². The summed E-state index contributed by atoms with van der Waals surface area (Å²) in [5.74, 6) is 0. The van der Waals surface area contributed by atoms with Gasteiger partial charge in [0.25, 0.3) is 0 Å². The Hall–Kier alpha value is -0.643. The van der Waals surface area contributed by atoms with Crippen molar-refractivity contribution in [2.45, 2.75) is 38.0 Å². The first-order valence-corrected chi connectivity index (χ1v) is 7.54. The van der Waals surface area contributed by atoms with Gasteiger partial charge in [-0.05, 0) is 31.7 Å². The van der Waals surface area contributed by atoms with Gasteiger partial charge in [-0.2, -0.15) is 0 Å². The molecule has 0 N–H and O–H groups in total. The van der Waals surface area contributed by atoms with E-state index in [-0.39, 0.29) is 6.10 Å². The Morgan fingerprint density at radius 3 is 2.81 bits per heavy atom. The Kier molecular flexibility index (Phi) is 4.57. The van der Waals surface area contributed by atoms with Crippen LogP contribution in [0.3, 0.4) is 0 Å². The molecule has 0 aliphatic carbocycles. The third-order valence-corrected chi connectivity index (χ3v) is 4.78. The number of benzene rings is 1. The van der Waals surface area contributed by atoms with Gasteiger partial charge in [0.15, 0.2) is 9.76 Å². The van der Waals surface area contributed by atoms with Crippen LogP contribution >= 0.6 is 0 Å². The van der Waals surface area contributed by atoms with E-state index in [0.29, 0.717) is 5.73 Å². The zero-order valence-electron chi connectivity index (χ0n) is 9.89. The fourth-order valence-corrected chi connectivity index (χ4v) is 3.42. The van der Waals surface area contributed by atoms with Crippen LogP contribution in [0.25, 0.3) is 0 Å². The van der Waals surface area contributed by atoms with Crippen LogP contribution in [0.5, 0.6) is 0 Å². The van der Waals surface area contributed by atoms with E-state index < -0.39 is 9.76 Å². The molecular formula is C13H20O2Si. The van der Waals surface area contributed by atoms with E-state index in [2.05, 4.69) is 31.2 Å². The summed E-state index contributed by atoms with van der Waals surface area (Å²) < 4.78 is 11.7. The first-order chi connectivity index (χ1) is 7.86. The largest absolute Gasteiger partial charge is 0.415 e. The number of rotatable bonds is 4. The van der Waals surface area contributed by atoms with Gasteiger partial charge in [-0.3, -0.25) is 0 Å².